The van der Waals surface area contributed by atoms with Crippen molar-refractivity contribution in [2.24, 2.45) is 5.92 Å². The fourth-order valence-electron chi connectivity index (χ4n) is 2.70. The van der Waals surface area contributed by atoms with Crippen molar-refractivity contribution in [1.29, 1.82) is 0 Å². The van der Waals surface area contributed by atoms with E-state index in [2.05, 4.69) is 5.32 Å². The van der Waals surface area contributed by atoms with Gasteiger partial charge in [0, 0.05) is 22.6 Å². The average molecular weight is 432 g/mol. The Labute approximate surface area is 179 Å². The Balaban J connectivity index is 2.20. The lowest BCUT2D eigenvalue weighted by Crippen LogP contribution is -2.21. The number of benzene rings is 2. The summed E-state index contributed by atoms with van der Waals surface area (Å²) >= 11 is 1.60. The van der Waals surface area contributed by atoms with E-state index in [0.29, 0.717) is 17.0 Å². The number of anilines is 1. The number of hydrogen-bond acceptors (Lipinski definition) is 6. The normalized spacial score (nSPS) is 12.9. The highest BCUT2D eigenvalue weighted by Crippen LogP contribution is 2.30. The molecule has 0 heterocycles. The first-order chi connectivity index (χ1) is 14.4. The van der Waals surface area contributed by atoms with Crippen LogP contribution >= 0.6 is 11.8 Å². The van der Waals surface area contributed by atoms with E-state index in [4.69, 9.17) is 19.7 Å². The first-order valence-electron chi connectivity index (χ1n) is 9.29. The number of amides is 1. The van der Waals surface area contributed by atoms with Gasteiger partial charge in [0.1, 0.15) is 18.5 Å². The highest BCUT2D eigenvalue weighted by Gasteiger charge is 2.23. The Bertz CT molecular complexity index is 868. The van der Waals surface area contributed by atoms with Crippen LogP contribution in [0.3, 0.4) is 0 Å². The summed E-state index contributed by atoms with van der Waals surface area (Å²) in [4.78, 5) is 24.5. The summed E-state index contributed by atoms with van der Waals surface area (Å²) in [5.41, 5.74) is 1.23. The molecule has 2 atom stereocenters. The van der Waals surface area contributed by atoms with Crippen LogP contribution in [-0.4, -0.2) is 41.7 Å². The van der Waals surface area contributed by atoms with Crippen LogP contribution in [0.5, 0.6) is 5.75 Å². The minimum Gasteiger partial charge on any atom is -0.491 e. The van der Waals surface area contributed by atoms with Crippen LogP contribution < -0.4 is 10.1 Å². The maximum absolute atomic E-state index is 12.5. The molecule has 0 bridgehead atoms. The van der Waals surface area contributed by atoms with Crippen molar-refractivity contribution in [2.45, 2.75) is 17.9 Å². The molecule has 0 spiro atoms. The predicted octanol–water partition coefficient (Wildman–Crippen LogP) is 4.35. The molecule has 0 radical (unpaired) electrons. The third-order valence-electron chi connectivity index (χ3n) is 4.14. The number of nitrogens with one attached hydrogen (secondary N) is 1. The molecule has 7 nitrogen and oxygen atoms in total. The van der Waals surface area contributed by atoms with Gasteiger partial charge in [-0.25, -0.2) is 9.59 Å². The standard InChI is InChI=1S/C22H25NO6S/c1-15(6-11-20(25)26)21(16-4-3-5-18(14-16)28-13-12-24)29-22(27)23-17-7-9-19(30-2)10-8-17/h3-11,14-15,21,24H,12-13H2,1-2H3,(H,23,27)(H,25,26)/b11-6+/t15-,21+/m1/s1. The molecule has 0 aliphatic heterocycles. The highest BCUT2D eigenvalue weighted by molar-refractivity contribution is 7.98. The minimum absolute atomic E-state index is 0.125. The molecule has 0 aliphatic carbocycles. The van der Waals surface area contributed by atoms with Crippen LogP contribution in [-0.2, 0) is 9.53 Å². The van der Waals surface area contributed by atoms with Crippen molar-refractivity contribution in [2.75, 3.05) is 24.8 Å². The van der Waals surface area contributed by atoms with Crippen LogP contribution in [0.15, 0.2) is 65.6 Å². The van der Waals surface area contributed by atoms with E-state index in [-0.39, 0.29) is 13.2 Å². The van der Waals surface area contributed by atoms with E-state index in [1.807, 2.05) is 18.4 Å². The average Bonchev–Trinajstić information content (AvgIpc) is 2.75. The number of rotatable bonds is 10. The number of carbonyl (C=O) groups is 2. The largest absolute Gasteiger partial charge is 0.491 e. The molecule has 0 saturated carbocycles. The summed E-state index contributed by atoms with van der Waals surface area (Å²) in [6.45, 7) is 1.77. The number of aliphatic hydroxyl groups excluding tert-OH is 1. The molecule has 160 valence electrons. The van der Waals surface area contributed by atoms with Gasteiger partial charge < -0.3 is 19.7 Å². The van der Waals surface area contributed by atoms with Crippen LogP contribution in [0.25, 0.3) is 0 Å². The molecular formula is C22H25NO6S. The second kappa shape index (κ2) is 11.9. The maximum Gasteiger partial charge on any atom is 0.412 e. The van der Waals surface area contributed by atoms with Gasteiger partial charge in [-0.3, -0.25) is 5.32 Å². The van der Waals surface area contributed by atoms with Gasteiger partial charge in [-0.05, 0) is 48.2 Å². The Hall–Kier alpha value is -2.97. The lowest BCUT2D eigenvalue weighted by atomic mass is 9.96. The van der Waals surface area contributed by atoms with Crippen LogP contribution in [0.4, 0.5) is 10.5 Å². The van der Waals surface area contributed by atoms with Gasteiger partial charge in [-0.1, -0.05) is 25.1 Å². The zero-order chi connectivity index (χ0) is 21.9. The Morgan fingerprint density at radius 3 is 2.57 bits per heavy atom. The number of carbonyl (C=O) groups excluding carboxylic acids is 1. The molecule has 1 amide bonds. The van der Waals surface area contributed by atoms with Gasteiger partial charge >= 0.3 is 12.1 Å². The van der Waals surface area contributed by atoms with Gasteiger partial charge in [-0.15, -0.1) is 11.8 Å². The minimum atomic E-state index is -1.08. The zero-order valence-electron chi connectivity index (χ0n) is 16.8. The van der Waals surface area contributed by atoms with E-state index in [9.17, 15) is 9.59 Å². The quantitative estimate of drug-likeness (QED) is 0.379. The number of aliphatic hydroxyl groups is 1. The van der Waals surface area contributed by atoms with E-state index in [1.54, 1.807) is 55.1 Å². The maximum atomic E-state index is 12.5. The number of carboxylic acids is 1. The molecule has 0 saturated heterocycles. The monoisotopic (exact) mass is 431 g/mol. The van der Waals surface area contributed by atoms with Gasteiger partial charge in [-0.2, -0.15) is 0 Å². The molecule has 0 aliphatic rings. The summed E-state index contributed by atoms with van der Waals surface area (Å²) in [6.07, 6.45) is 3.05. The summed E-state index contributed by atoms with van der Waals surface area (Å²) in [5, 5.41) is 20.5. The highest BCUT2D eigenvalue weighted by atomic mass is 32.2. The fourth-order valence-corrected chi connectivity index (χ4v) is 3.10. The van der Waals surface area contributed by atoms with Crippen molar-refractivity contribution in [3.8, 4) is 5.75 Å². The van der Waals surface area contributed by atoms with Gasteiger partial charge in [0.2, 0.25) is 0 Å². The molecule has 0 unspecified atom stereocenters. The second-order valence-corrected chi connectivity index (χ2v) is 7.26. The third kappa shape index (κ3) is 7.46. The molecule has 0 aromatic heterocycles. The van der Waals surface area contributed by atoms with Gasteiger partial charge in [0.05, 0.1) is 6.61 Å². The number of aliphatic carboxylic acids is 1. The molecule has 2 rings (SSSR count). The van der Waals surface area contributed by atoms with Gasteiger partial charge in [0.25, 0.3) is 0 Å². The lowest BCUT2D eigenvalue weighted by Gasteiger charge is -2.23. The number of carboxylic acid groups (broad SMARTS) is 1. The molecule has 3 N–H and O–H groups in total. The summed E-state index contributed by atoms with van der Waals surface area (Å²) in [7, 11) is 0. The predicted molar refractivity (Wildman–Crippen MR) is 116 cm³/mol. The topological polar surface area (TPSA) is 105 Å². The Kier molecular flexibility index (Phi) is 9.24. The smallest absolute Gasteiger partial charge is 0.412 e. The molecule has 30 heavy (non-hydrogen) atoms. The summed E-state index contributed by atoms with van der Waals surface area (Å²) < 4.78 is 11.1. The van der Waals surface area contributed by atoms with Crippen molar-refractivity contribution in [1.82, 2.24) is 0 Å². The summed E-state index contributed by atoms with van der Waals surface area (Å²) in [6, 6.07) is 14.3. The van der Waals surface area contributed by atoms with Crippen molar-refractivity contribution in [3.63, 3.8) is 0 Å². The Morgan fingerprint density at radius 2 is 1.93 bits per heavy atom. The molecule has 0 fully saturated rings. The summed E-state index contributed by atoms with van der Waals surface area (Å²) in [5.74, 6) is -0.990. The third-order valence-corrected chi connectivity index (χ3v) is 4.88. The van der Waals surface area contributed by atoms with Crippen molar-refractivity contribution >= 4 is 29.5 Å². The Morgan fingerprint density at radius 1 is 1.20 bits per heavy atom. The van der Waals surface area contributed by atoms with Gasteiger partial charge in [0.15, 0.2) is 0 Å². The molecule has 8 heteroatoms. The molecule has 2 aromatic rings. The first kappa shape index (κ1) is 23.3. The second-order valence-electron chi connectivity index (χ2n) is 6.38. The number of ether oxygens (including phenoxy) is 2. The van der Waals surface area contributed by atoms with Crippen LogP contribution in [0, 0.1) is 5.92 Å². The van der Waals surface area contributed by atoms with E-state index in [0.717, 1.165) is 11.0 Å². The SMILES string of the molecule is CSc1ccc(NC(=O)O[C@H](c2cccc(OCCO)c2)[C@H](C)/C=C/C(=O)O)cc1. The fraction of sp³-hybridized carbons (Fsp3) is 0.273. The molecule has 2 aromatic carbocycles. The van der Waals surface area contributed by atoms with E-state index >= 15 is 0 Å². The number of thioether (sulfide) groups is 1. The molecular weight excluding hydrogens is 406 g/mol. The zero-order valence-corrected chi connectivity index (χ0v) is 17.6. The first-order valence-corrected chi connectivity index (χ1v) is 10.5. The van der Waals surface area contributed by atoms with Crippen molar-refractivity contribution < 1.29 is 29.3 Å². The number of hydrogen-bond donors (Lipinski definition) is 3. The van der Waals surface area contributed by atoms with Crippen molar-refractivity contribution in [3.05, 3.63) is 66.2 Å². The lowest BCUT2D eigenvalue weighted by molar-refractivity contribution is -0.131. The van der Waals surface area contributed by atoms with E-state index < -0.39 is 24.1 Å². The van der Waals surface area contributed by atoms with E-state index in [1.165, 1.54) is 6.08 Å². The van der Waals surface area contributed by atoms with Crippen LogP contribution in [0.2, 0.25) is 0 Å². The van der Waals surface area contributed by atoms with Crippen LogP contribution in [0.1, 0.15) is 18.6 Å².